The summed E-state index contributed by atoms with van der Waals surface area (Å²) in [7, 11) is -0.922. The Bertz CT molecular complexity index is 457. The van der Waals surface area contributed by atoms with Gasteiger partial charge in [0.1, 0.15) is 0 Å². The maximum Gasteiger partial charge on any atom is 0.0860 e. The van der Waals surface area contributed by atoms with E-state index >= 15 is 0 Å². The normalized spacial score (nSPS) is 17.6. The van der Waals surface area contributed by atoms with E-state index in [4.69, 9.17) is 0 Å². The number of allylic oxidation sites excluding steroid dienone is 4. The molecule has 2 aliphatic rings. The van der Waals surface area contributed by atoms with Gasteiger partial charge in [-0.15, -0.1) is 0 Å². The fourth-order valence-electron chi connectivity index (χ4n) is 2.08. The van der Waals surface area contributed by atoms with Gasteiger partial charge >= 0.3 is 0 Å². The fourth-order valence-corrected chi connectivity index (χ4v) is 2.65. The lowest BCUT2D eigenvalue weighted by molar-refractivity contribution is 0.687. The van der Waals surface area contributed by atoms with Gasteiger partial charge in [-0.2, -0.15) is 0 Å². The van der Waals surface area contributed by atoms with Crippen LogP contribution in [-0.2, 0) is 10.8 Å². The molecule has 0 N–H and O–H groups in total. The van der Waals surface area contributed by atoms with E-state index in [2.05, 4.69) is 35.8 Å². The molecule has 0 saturated carbocycles. The lowest BCUT2D eigenvalue weighted by Crippen LogP contribution is -1.98. The van der Waals surface area contributed by atoms with Crippen molar-refractivity contribution < 1.29 is 4.21 Å². The van der Waals surface area contributed by atoms with Gasteiger partial charge in [-0.3, -0.25) is 4.21 Å². The van der Waals surface area contributed by atoms with Crippen molar-refractivity contribution in [3.63, 3.8) is 0 Å². The Morgan fingerprint density at radius 3 is 1.83 bits per heavy atom. The van der Waals surface area contributed by atoms with Gasteiger partial charge in [0, 0.05) is 10.8 Å². The second-order valence-corrected chi connectivity index (χ2v) is 6.03. The zero-order chi connectivity index (χ0) is 12.6. The van der Waals surface area contributed by atoms with Crippen LogP contribution in [0.15, 0.2) is 23.3 Å². The first-order chi connectivity index (χ1) is 8.84. The summed E-state index contributed by atoms with van der Waals surface area (Å²) in [6.07, 6.45) is 11.3. The molecule has 0 heterocycles. The molecule has 0 radical (unpaired) electrons. The average molecular weight is 258 g/mol. The molecule has 0 unspecified atom stereocenters. The Morgan fingerprint density at radius 2 is 1.44 bits per heavy atom. The minimum atomic E-state index is -0.922. The summed E-state index contributed by atoms with van der Waals surface area (Å²) in [5.74, 6) is 13.1. The van der Waals surface area contributed by atoms with E-state index in [1.54, 1.807) is 0 Å². The van der Waals surface area contributed by atoms with Gasteiger partial charge in [-0.05, 0) is 49.7 Å². The van der Waals surface area contributed by atoms with Crippen molar-refractivity contribution in [1.29, 1.82) is 0 Å². The van der Waals surface area contributed by atoms with Crippen LogP contribution in [-0.4, -0.2) is 15.7 Å². The standard InChI is InChI=1S/C16H18OS/c17-18(13-5-11-15-7-1-2-8-15)14-6-12-16-9-3-4-10-16/h7,9H,1-4,8,10,13-14H2. The highest BCUT2D eigenvalue weighted by molar-refractivity contribution is 7.85. The third-order valence-electron chi connectivity index (χ3n) is 3.05. The highest BCUT2D eigenvalue weighted by atomic mass is 32.2. The van der Waals surface area contributed by atoms with Crippen molar-refractivity contribution in [1.82, 2.24) is 0 Å². The topological polar surface area (TPSA) is 17.1 Å². The molecule has 0 saturated heterocycles. The summed E-state index contributed by atoms with van der Waals surface area (Å²) >= 11 is 0. The van der Waals surface area contributed by atoms with Gasteiger partial charge in [0.05, 0.1) is 11.5 Å². The average Bonchev–Trinajstić information content (AvgIpc) is 3.01. The van der Waals surface area contributed by atoms with Gasteiger partial charge < -0.3 is 0 Å². The Balaban J connectivity index is 1.71. The van der Waals surface area contributed by atoms with E-state index in [9.17, 15) is 4.21 Å². The summed E-state index contributed by atoms with van der Waals surface area (Å²) in [4.78, 5) is 0. The highest BCUT2D eigenvalue weighted by Gasteiger charge is 2.01. The first kappa shape index (κ1) is 13.2. The quantitative estimate of drug-likeness (QED) is 0.696. The zero-order valence-electron chi connectivity index (χ0n) is 10.6. The zero-order valence-corrected chi connectivity index (χ0v) is 11.4. The molecule has 0 atom stereocenters. The van der Waals surface area contributed by atoms with E-state index in [1.165, 1.54) is 24.0 Å². The molecule has 0 aromatic rings. The van der Waals surface area contributed by atoms with E-state index in [-0.39, 0.29) is 0 Å². The van der Waals surface area contributed by atoms with Crippen molar-refractivity contribution in [2.24, 2.45) is 0 Å². The molecular weight excluding hydrogens is 240 g/mol. The number of hydrogen-bond donors (Lipinski definition) is 0. The molecule has 94 valence electrons. The van der Waals surface area contributed by atoms with Crippen LogP contribution < -0.4 is 0 Å². The third kappa shape index (κ3) is 4.55. The summed E-state index contributed by atoms with van der Waals surface area (Å²) in [6, 6.07) is 0. The molecule has 2 aliphatic carbocycles. The molecule has 0 aromatic carbocycles. The molecule has 0 amide bonds. The predicted octanol–water partition coefficient (Wildman–Crippen LogP) is 2.96. The maximum absolute atomic E-state index is 11.7. The molecule has 18 heavy (non-hydrogen) atoms. The van der Waals surface area contributed by atoms with Crippen molar-refractivity contribution in [2.45, 2.75) is 38.5 Å². The Hall–Kier alpha value is -1.25. The van der Waals surface area contributed by atoms with Crippen LogP contribution in [0.2, 0.25) is 0 Å². The minimum absolute atomic E-state index is 0.449. The van der Waals surface area contributed by atoms with Crippen LogP contribution in [0.25, 0.3) is 0 Å². The molecule has 0 aromatic heterocycles. The second kappa shape index (κ2) is 7.24. The smallest absolute Gasteiger partial charge is 0.0860 e. The molecule has 2 heteroatoms. The molecule has 0 spiro atoms. The first-order valence-corrected chi connectivity index (χ1v) is 8.04. The van der Waals surface area contributed by atoms with Gasteiger partial charge in [0.15, 0.2) is 0 Å². The largest absolute Gasteiger partial charge is 0.258 e. The van der Waals surface area contributed by atoms with Crippen LogP contribution in [0.4, 0.5) is 0 Å². The van der Waals surface area contributed by atoms with Gasteiger partial charge in [-0.1, -0.05) is 35.8 Å². The van der Waals surface area contributed by atoms with Crippen molar-refractivity contribution in [3.05, 3.63) is 23.3 Å². The minimum Gasteiger partial charge on any atom is -0.258 e. The Kier molecular flexibility index (Phi) is 5.31. The van der Waals surface area contributed by atoms with Crippen LogP contribution in [0.3, 0.4) is 0 Å². The second-order valence-electron chi connectivity index (χ2n) is 4.58. The van der Waals surface area contributed by atoms with Gasteiger partial charge in [-0.25, -0.2) is 0 Å². The maximum atomic E-state index is 11.7. The SMILES string of the molecule is O=S(CC#CC1=CCCC1)CC#CC1=CCCC1. The molecule has 1 nitrogen and oxygen atoms in total. The lowest BCUT2D eigenvalue weighted by atomic mass is 10.2. The monoisotopic (exact) mass is 258 g/mol. The van der Waals surface area contributed by atoms with Crippen molar-refractivity contribution in [2.75, 3.05) is 11.5 Å². The van der Waals surface area contributed by atoms with Crippen molar-refractivity contribution >= 4 is 10.8 Å². The van der Waals surface area contributed by atoms with Gasteiger partial charge in [0.2, 0.25) is 0 Å². The summed E-state index contributed by atoms with van der Waals surface area (Å²) < 4.78 is 11.7. The lowest BCUT2D eigenvalue weighted by Gasteiger charge is -1.89. The highest BCUT2D eigenvalue weighted by Crippen LogP contribution is 2.16. The van der Waals surface area contributed by atoms with Crippen LogP contribution in [0.1, 0.15) is 38.5 Å². The number of rotatable bonds is 2. The van der Waals surface area contributed by atoms with Crippen LogP contribution in [0.5, 0.6) is 0 Å². The molecule has 0 aliphatic heterocycles. The molecular formula is C16H18OS. The summed E-state index contributed by atoms with van der Waals surface area (Å²) in [5.41, 5.74) is 2.43. The van der Waals surface area contributed by atoms with Crippen molar-refractivity contribution in [3.8, 4) is 23.7 Å². The molecule has 0 bridgehead atoms. The molecule has 2 rings (SSSR count). The first-order valence-electron chi connectivity index (χ1n) is 6.55. The van der Waals surface area contributed by atoms with Crippen LogP contribution >= 0.6 is 0 Å². The Labute approximate surface area is 112 Å². The summed E-state index contributed by atoms with van der Waals surface area (Å²) in [5, 5.41) is 0. The van der Waals surface area contributed by atoms with E-state index in [1.807, 2.05) is 0 Å². The number of hydrogen-bond acceptors (Lipinski definition) is 1. The third-order valence-corrected chi connectivity index (χ3v) is 3.98. The van der Waals surface area contributed by atoms with Crippen LogP contribution in [0, 0.1) is 23.7 Å². The van der Waals surface area contributed by atoms with E-state index in [0.29, 0.717) is 11.5 Å². The fraction of sp³-hybridized carbons (Fsp3) is 0.500. The van der Waals surface area contributed by atoms with Gasteiger partial charge in [0.25, 0.3) is 0 Å². The van der Waals surface area contributed by atoms with E-state index in [0.717, 1.165) is 25.7 Å². The molecule has 0 fully saturated rings. The Morgan fingerprint density at radius 1 is 0.944 bits per heavy atom. The predicted molar refractivity (Wildman–Crippen MR) is 77.3 cm³/mol. The van der Waals surface area contributed by atoms with E-state index < -0.39 is 10.8 Å². The summed E-state index contributed by atoms with van der Waals surface area (Å²) in [6.45, 7) is 0.